The summed E-state index contributed by atoms with van der Waals surface area (Å²) in [5.74, 6) is 0.0281. The zero-order chi connectivity index (χ0) is 17.9. The van der Waals surface area contributed by atoms with Crippen molar-refractivity contribution in [1.82, 2.24) is 9.88 Å². The van der Waals surface area contributed by atoms with Crippen LogP contribution in [0.3, 0.4) is 0 Å². The molecule has 1 fully saturated rings. The van der Waals surface area contributed by atoms with Crippen LogP contribution < -0.4 is 10.1 Å². The van der Waals surface area contributed by atoms with Crippen LogP contribution in [-0.4, -0.2) is 47.2 Å². The highest BCUT2D eigenvalue weighted by Gasteiger charge is 2.36. The predicted octanol–water partition coefficient (Wildman–Crippen LogP) is 3.19. The van der Waals surface area contributed by atoms with Crippen LogP contribution in [-0.2, 0) is 9.53 Å². The zero-order valence-corrected chi connectivity index (χ0v) is 15.8. The number of pyridine rings is 1. The Kier molecular flexibility index (Phi) is 5.69. The summed E-state index contributed by atoms with van der Waals surface area (Å²) < 4.78 is 11.2. The number of halogens is 1. The summed E-state index contributed by atoms with van der Waals surface area (Å²) in [5, 5.41) is 2.78. The van der Waals surface area contributed by atoms with Gasteiger partial charge >= 0.3 is 6.09 Å². The van der Waals surface area contributed by atoms with Crippen LogP contribution in [0.4, 0.5) is 10.5 Å². The molecule has 0 radical (unpaired) electrons. The first kappa shape index (κ1) is 18.5. The van der Waals surface area contributed by atoms with Gasteiger partial charge in [0.1, 0.15) is 21.9 Å². The second kappa shape index (κ2) is 7.38. The van der Waals surface area contributed by atoms with E-state index in [0.29, 0.717) is 29.1 Å². The predicted molar refractivity (Wildman–Crippen MR) is 93.1 cm³/mol. The van der Waals surface area contributed by atoms with Crippen molar-refractivity contribution in [3.05, 3.63) is 16.7 Å². The highest BCUT2D eigenvalue weighted by molar-refractivity contribution is 9.10. The Morgan fingerprint density at radius 2 is 2.08 bits per heavy atom. The van der Waals surface area contributed by atoms with E-state index in [1.807, 2.05) is 0 Å². The van der Waals surface area contributed by atoms with Crippen molar-refractivity contribution in [2.24, 2.45) is 0 Å². The SMILES string of the molecule is COc1nc(Br)ccc1NC(=O)[C@H]1CCCN1C(=O)OC(C)(C)C. The third-order valence-corrected chi connectivity index (χ3v) is 3.90. The number of ether oxygens (including phenoxy) is 2. The number of nitrogens with one attached hydrogen (secondary N) is 1. The Morgan fingerprint density at radius 1 is 1.38 bits per heavy atom. The lowest BCUT2D eigenvalue weighted by atomic mass is 10.2. The van der Waals surface area contributed by atoms with E-state index >= 15 is 0 Å². The number of carbonyl (C=O) groups excluding carboxylic acids is 2. The molecule has 1 N–H and O–H groups in total. The molecule has 1 aromatic heterocycles. The third kappa shape index (κ3) is 4.59. The molecular formula is C16H22BrN3O4. The van der Waals surface area contributed by atoms with E-state index in [9.17, 15) is 9.59 Å². The minimum absolute atomic E-state index is 0.277. The Bertz CT molecular complexity index is 630. The molecule has 1 atom stereocenters. The fourth-order valence-corrected chi connectivity index (χ4v) is 2.76. The van der Waals surface area contributed by atoms with Gasteiger partial charge in [0.2, 0.25) is 11.8 Å². The minimum atomic E-state index is -0.598. The smallest absolute Gasteiger partial charge is 0.410 e. The Labute approximate surface area is 149 Å². The van der Waals surface area contributed by atoms with Crippen LogP contribution in [0.15, 0.2) is 16.7 Å². The maximum Gasteiger partial charge on any atom is 0.410 e. The maximum absolute atomic E-state index is 12.6. The van der Waals surface area contributed by atoms with Gasteiger partial charge in [0, 0.05) is 6.54 Å². The fraction of sp³-hybridized carbons (Fsp3) is 0.562. The van der Waals surface area contributed by atoms with Crippen LogP contribution in [0, 0.1) is 0 Å². The van der Waals surface area contributed by atoms with Crippen molar-refractivity contribution in [2.45, 2.75) is 45.3 Å². The molecule has 1 aliphatic rings. The molecule has 2 heterocycles. The molecular weight excluding hydrogens is 378 g/mol. The van der Waals surface area contributed by atoms with E-state index in [1.54, 1.807) is 32.9 Å². The van der Waals surface area contributed by atoms with E-state index < -0.39 is 17.7 Å². The lowest BCUT2D eigenvalue weighted by Crippen LogP contribution is -2.45. The number of methoxy groups -OCH3 is 1. The largest absolute Gasteiger partial charge is 0.479 e. The monoisotopic (exact) mass is 399 g/mol. The Morgan fingerprint density at radius 3 is 2.71 bits per heavy atom. The number of aromatic nitrogens is 1. The van der Waals surface area contributed by atoms with Crippen LogP contribution in [0.25, 0.3) is 0 Å². The first-order valence-electron chi connectivity index (χ1n) is 7.72. The van der Waals surface area contributed by atoms with Gasteiger partial charge in [0.25, 0.3) is 0 Å². The number of carbonyl (C=O) groups is 2. The first-order chi connectivity index (χ1) is 11.2. The minimum Gasteiger partial charge on any atom is -0.479 e. The number of rotatable bonds is 3. The highest BCUT2D eigenvalue weighted by Crippen LogP contribution is 2.26. The van der Waals surface area contributed by atoms with Crippen molar-refractivity contribution in [2.75, 3.05) is 19.0 Å². The van der Waals surface area contributed by atoms with E-state index in [2.05, 4.69) is 26.2 Å². The lowest BCUT2D eigenvalue weighted by molar-refractivity contribution is -0.120. The lowest BCUT2D eigenvalue weighted by Gasteiger charge is -2.28. The van der Waals surface area contributed by atoms with Gasteiger partial charge < -0.3 is 14.8 Å². The molecule has 0 aliphatic carbocycles. The average Bonchev–Trinajstić information content (AvgIpc) is 2.97. The molecule has 8 heteroatoms. The molecule has 0 saturated carbocycles. The van der Waals surface area contributed by atoms with Gasteiger partial charge in [-0.15, -0.1) is 0 Å². The first-order valence-corrected chi connectivity index (χ1v) is 8.51. The van der Waals surface area contributed by atoms with E-state index in [0.717, 1.165) is 6.42 Å². The summed E-state index contributed by atoms with van der Waals surface area (Å²) in [6.45, 7) is 5.90. The number of hydrogen-bond acceptors (Lipinski definition) is 5. The summed E-state index contributed by atoms with van der Waals surface area (Å²) in [6.07, 6.45) is 0.880. The molecule has 0 bridgehead atoms. The van der Waals surface area contributed by atoms with Gasteiger partial charge in [-0.05, 0) is 61.7 Å². The van der Waals surface area contributed by atoms with Crippen LogP contribution in [0.2, 0.25) is 0 Å². The average molecular weight is 400 g/mol. The second-order valence-electron chi connectivity index (χ2n) is 6.51. The number of anilines is 1. The van der Waals surface area contributed by atoms with Gasteiger partial charge in [-0.2, -0.15) is 0 Å². The van der Waals surface area contributed by atoms with E-state index in [-0.39, 0.29) is 5.91 Å². The second-order valence-corrected chi connectivity index (χ2v) is 7.32. The Hall–Kier alpha value is -1.83. The number of nitrogens with zero attached hydrogens (tertiary/aromatic N) is 2. The van der Waals surface area contributed by atoms with Gasteiger partial charge in [-0.1, -0.05) is 0 Å². The van der Waals surface area contributed by atoms with Gasteiger partial charge in [0.15, 0.2) is 0 Å². The summed E-state index contributed by atoms with van der Waals surface area (Å²) >= 11 is 3.25. The molecule has 0 spiro atoms. The normalized spacial score (nSPS) is 17.5. The summed E-state index contributed by atoms with van der Waals surface area (Å²) in [5.41, 5.74) is -0.138. The highest BCUT2D eigenvalue weighted by atomic mass is 79.9. The molecule has 7 nitrogen and oxygen atoms in total. The van der Waals surface area contributed by atoms with Crippen LogP contribution in [0.1, 0.15) is 33.6 Å². The van der Waals surface area contributed by atoms with Crippen molar-refractivity contribution < 1.29 is 19.1 Å². The van der Waals surface area contributed by atoms with Gasteiger partial charge in [0.05, 0.1) is 7.11 Å². The number of likely N-dealkylation sites (tertiary alicyclic amines) is 1. The summed E-state index contributed by atoms with van der Waals surface area (Å²) in [4.78, 5) is 30.5. The van der Waals surface area contributed by atoms with E-state index in [1.165, 1.54) is 12.0 Å². The summed E-state index contributed by atoms with van der Waals surface area (Å²) in [6, 6.07) is 2.84. The zero-order valence-electron chi connectivity index (χ0n) is 14.3. The number of hydrogen-bond donors (Lipinski definition) is 1. The molecule has 1 aliphatic heterocycles. The van der Waals surface area contributed by atoms with Gasteiger partial charge in [-0.3, -0.25) is 9.69 Å². The topological polar surface area (TPSA) is 80.8 Å². The molecule has 0 unspecified atom stereocenters. The number of amides is 2. The molecule has 2 amide bonds. The molecule has 1 saturated heterocycles. The van der Waals surface area contributed by atoms with Crippen molar-refractivity contribution >= 4 is 33.6 Å². The molecule has 132 valence electrons. The third-order valence-electron chi connectivity index (χ3n) is 3.46. The van der Waals surface area contributed by atoms with Crippen molar-refractivity contribution in [3.8, 4) is 5.88 Å². The van der Waals surface area contributed by atoms with Crippen molar-refractivity contribution in [1.29, 1.82) is 0 Å². The molecule has 1 aromatic rings. The fourth-order valence-electron chi connectivity index (χ4n) is 2.46. The Balaban J connectivity index is 2.10. The molecule has 24 heavy (non-hydrogen) atoms. The van der Waals surface area contributed by atoms with Crippen LogP contribution >= 0.6 is 15.9 Å². The van der Waals surface area contributed by atoms with Gasteiger partial charge in [-0.25, -0.2) is 9.78 Å². The standard InChI is InChI=1S/C16H22BrN3O4/c1-16(2,3)24-15(22)20-9-5-6-11(20)13(21)18-10-7-8-12(17)19-14(10)23-4/h7-8,11H,5-6,9H2,1-4H3,(H,18,21)/t11-/m1/s1. The summed E-state index contributed by atoms with van der Waals surface area (Å²) in [7, 11) is 1.48. The van der Waals surface area contributed by atoms with Crippen LogP contribution in [0.5, 0.6) is 5.88 Å². The molecule has 0 aromatic carbocycles. The molecule has 2 rings (SSSR count). The maximum atomic E-state index is 12.6. The quantitative estimate of drug-likeness (QED) is 0.789. The van der Waals surface area contributed by atoms with Crippen molar-refractivity contribution in [3.63, 3.8) is 0 Å². The van der Waals surface area contributed by atoms with E-state index in [4.69, 9.17) is 9.47 Å².